The summed E-state index contributed by atoms with van der Waals surface area (Å²) >= 11 is 0. The highest BCUT2D eigenvalue weighted by Crippen LogP contribution is 2.08. The SMILES string of the molecule is CN1CCN(S(=O)(=O)CC[C@H](N)C(=O)O)CC1. The van der Waals surface area contributed by atoms with Crippen molar-refractivity contribution in [3.05, 3.63) is 0 Å². The van der Waals surface area contributed by atoms with Gasteiger partial charge in [0, 0.05) is 26.2 Å². The highest BCUT2D eigenvalue weighted by atomic mass is 32.2. The molecule has 0 spiro atoms. The van der Waals surface area contributed by atoms with Crippen LogP contribution in [0, 0.1) is 0 Å². The number of aliphatic carboxylic acids is 1. The smallest absolute Gasteiger partial charge is 0.320 e. The Morgan fingerprint density at radius 3 is 2.35 bits per heavy atom. The summed E-state index contributed by atoms with van der Waals surface area (Å²) in [5.74, 6) is -1.37. The maximum Gasteiger partial charge on any atom is 0.320 e. The third-order valence-electron chi connectivity index (χ3n) is 2.86. The molecule has 1 aliphatic heterocycles. The minimum absolute atomic E-state index is 0.0516. The maximum absolute atomic E-state index is 11.9. The van der Waals surface area contributed by atoms with E-state index in [2.05, 4.69) is 4.90 Å². The van der Waals surface area contributed by atoms with E-state index >= 15 is 0 Å². The van der Waals surface area contributed by atoms with E-state index in [9.17, 15) is 13.2 Å². The molecule has 0 amide bonds. The van der Waals surface area contributed by atoms with Gasteiger partial charge in [0.1, 0.15) is 6.04 Å². The van der Waals surface area contributed by atoms with Crippen LogP contribution in [0.5, 0.6) is 0 Å². The molecular weight excluding hydrogens is 246 g/mol. The molecule has 0 bridgehead atoms. The van der Waals surface area contributed by atoms with Gasteiger partial charge in [0.25, 0.3) is 0 Å². The van der Waals surface area contributed by atoms with Gasteiger partial charge in [-0.1, -0.05) is 0 Å². The van der Waals surface area contributed by atoms with Gasteiger partial charge >= 0.3 is 5.97 Å². The fraction of sp³-hybridized carbons (Fsp3) is 0.889. The van der Waals surface area contributed by atoms with E-state index in [4.69, 9.17) is 10.8 Å². The molecule has 17 heavy (non-hydrogen) atoms. The first-order valence-corrected chi connectivity index (χ1v) is 7.08. The molecule has 1 atom stereocenters. The summed E-state index contributed by atoms with van der Waals surface area (Å²) in [6.07, 6.45) is -0.0516. The molecule has 0 aliphatic carbocycles. The number of rotatable bonds is 5. The number of likely N-dealkylation sites (N-methyl/N-ethyl adjacent to an activating group) is 1. The number of piperazine rings is 1. The minimum atomic E-state index is -3.37. The van der Waals surface area contributed by atoms with E-state index in [0.717, 1.165) is 0 Å². The van der Waals surface area contributed by atoms with E-state index in [1.807, 2.05) is 7.05 Å². The van der Waals surface area contributed by atoms with Crippen LogP contribution >= 0.6 is 0 Å². The molecule has 1 fully saturated rings. The van der Waals surface area contributed by atoms with Gasteiger partial charge in [-0.2, -0.15) is 4.31 Å². The summed E-state index contributed by atoms with van der Waals surface area (Å²) in [5, 5.41) is 8.58. The standard InChI is InChI=1S/C9H19N3O4S/c1-11-3-5-12(6-4-11)17(15,16)7-2-8(10)9(13)14/h8H,2-7,10H2,1H3,(H,13,14)/t8-/m0/s1. The van der Waals surface area contributed by atoms with E-state index in [1.54, 1.807) is 0 Å². The molecule has 1 rings (SSSR count). The highest BCUT2D eigenvalue weighted by Gasteiger charge is 2.26. The van der Waals surface area contributed by atoms with Crippen molar-refractivity contribution in [1.82, 2.24) is 9.21 Å². The van der Waals surface area contributed by atoms with Crippen molar-refractivity contribution in [3.8, 4) is 0 Å². The molecule has 100 valence electrons. The molecule has 3 N–H and O–H groups in total. The Morgan fingerprint density at radius 1 is 1.35 bits per heavy atom. The molecule has 0 radical (unpaired) electrons. The Bertz CT molecular complexity index is 362. The van der Waals surface area contributed by atoms with Crippen LogP contribution in [-0.4, -0.2) is 73.7 Å². The van der Waals surface area contributed by atoms with Crippen molar-refractivity contribution in [3.63, 3.8) is 0 Å². The van der Waals surface area contributed by atoms with Crippen LogP contribution < -0.4 is 5.73 Å². The molecule has 0 aromatic heterocycles. The number of carbonyl (C=O) groups is 1. The molecule has 1 saturated heterocycles. The zero-order chi connectivity index (χ0) is 13.1. The van der Waals surface area contributed by atoms with Crippen LogP contribution in [0.4, 0.5) is 0 Å². The van der Waals surface area contributed by atoms with Crippen LogP contribution in [-0.2, 0) is 14.8 Å². The molecular formula is C9H19N3O4S. The zero-order valence-electron chi connectivity index (χ0n) is 9.87. The fourth-order valence-corrected chi connectivity index (χ4v) is 3.12. The molecule has 0 aromatic carbocycles. The van der Waals surface area contributed by atoms with Crippen molar-refractivity contribution in [2.45, 2.75) is 12.5 Å². The lowest BCUT2D eigenvalue weighted by atomic mass is 10.2. The van der Waals surface area contributed by atoms with Crippen molar-refractivity contribution < 1.29 is 18.3 Å². The molecule has 0 unspecified atom stereocenters. The summed E-state index contributed by atoms with van der Waals surface area (Å²) in [4.78, 5) is 12.5. The normalized spacial score (nSPS) is 21.3. The number of sulfonamides is 1. The quantitative estimate of drug-likeness (QED) is 0.618. The predicted molar refractivity (Wildman–Crippen MR) is 63.1 cm³/mol. The summed E-state index contributed by atoms with van der Waals surface area (Å²) in [6, 6.07) is -1.11. The van der Waals surface area contributed by atoms with E-state index in [-0.39, 0.29) is 12.2 Å². The fourth-order valence-electron chi connectivity index (χ4n) is 1.59. The number of hydrogen-bond donors (Lipinski definition) is 2. The first kappa shape index (κ1) is 14.4. The Kier molecular flexibility index (Phi) is 4.87. The number of carboxylic acids is 1. The van der Waals surface area contributed by atoms with Gasteiger partial charge in [0.05, 0.1) is 5.75 Å². The second-order valence-electron chi connectivity index (χ2n) is 4.25. The van der Waals surface area contributed by atoms with Gasteiger partial charge in [-0.15, -0.1) is 0 Å². The van der Waals surface area contributed by atoms with Gasteiger partial charge < -0.3 is 15.7 Å². The second kappa shape index (κ2) is 5.76. The van der Waals surface area contributed by atoms with Gasteiger partial charge in [0.2, 0.25) is 10.0 Å². The monoisotopic (exact) mass is 265 g/mol. The van der Waals surface area contributed by atoms with E-state index in [0.29, 0.717) is 26.2 Å². The highest BCUT2D eigenvalue weighted by molar-refractivity contribution is 7.89. The van der Waals surface area contributed by atoms with E-state index < -0.39 is 22.0 Å². The Hall–Kier alpha value is -0.700. The minimum Gasteiger partial charge on any atom is -0.480 e. The van der Waals surface area contributed by atoms with Gasteiger partial charge in [-0.05, 0) is 13.5 Å². The summed E-state index contributed by atoms with van der Waals surface area (Å²) in [6.45, 7) is 2.32. The largest absolute Gasteiger partial charge is 0.480 e. The lowest BCUT2D eigenvalue weighted by molar-refractivity contribution is -0.138. The number of nitrogens with zero attached hydrogens (tertiary/aromatic N) is 2. The number of hydrogen-bond acceptors (Lipinski definition) is 5. The average molecular weight is 265 g/mol. The first-order chi connectivity index (χ1) is 7.83. The molecule has 7 nitrogen and oxygen atoms in total. The summed E-state index contributed by atoms with van der Waals surface area (Å²) < 4.78 is 25.2. The molecule has 1 heterocycles. The van der Waals surface area contributed by atoms with Crippen LogP contribution in [0.15, 0.2) is 0 Å². The van der Waals surface area contributed by atoms with Gasteiger partial charge in [-0.25, -0.2) is 8.42 Å². The lowest BCUT2D eigenvalue weighted by Gasteiger charge is -2.31. The molecule has 0 saturated carbocycles. The maximum atomic E-state index is 11.9. The Labute approximate surface area is 101 Å². The topological polar surface area (TPSA) is 104 Å². The average Bonchev–Trinajstić information content (AvgIpc) is 2.26. The van der Waals surface area contributed by atoms with E-state index in [1.165, 1.54) is 4.31 Å². The second-order valence-corrected chi connectivity index (χ2v) is 6.34. The Morgan fingerprint density at radius 2 is 1.88 bits per heavy atom. The number of carboxylic acid groups (broad SMARTS) is 1. The number of nitrogens with two attached hydrogens (primary N) is 1. The van der Waals surface area contributed by atoms with Crippen molar-refractivity contribution in [1.29, 1.82) is 0 Å². The van der Waals surface area contributed by atoms with Gasteiger partial charge in [-0.3, -0.25) is 4.79 Å². The lowest BCUT2D eigenvalue weighted by Crippen LogP contribution is -2.48. The zero-order valence-corrected chi connectivity index (χ0v) is 10.7. The van der Waals surface area contributed by atoms with Crippen molar-refractivity contribution in [2.24, 2.45) is 5.73 Å². The summed E-state index contributed by atoms with van der Waals surface area (Å²) in [5.41, 5.74) is 5.28. The third-order valence-corrected chi connectivity index (χ3v) is 4.76. The molecule has 0 aromatic rings. The van der Waals surface area contributed by atoms with Crippen LogP contribution in [0.25, 0.3) is 0 Å². The van der Waals surface area contributed by atoms with Crippen LogP contribution in [0.3, 0.4) is 0 Å². The summed E-state index contributed by atoms with van der Waals surface area (Å²) in [7, 11) is -1.44. The van der Waals surface area contributed by atoms with Crippen LogP contribution in [0.2, 0.25) is 0 Å². The van der Waals surface area contributed by atoms with Crippen LogP contribution in [0.1, 0.15) is 6.42 Å². The Balaban J connectivity index is 2.48. The van der Waals surface area contributed by atoms with Crippen molar-refractivity contribution in [2.75, 3.05) is 39.0 Å². The third kappa shape index (κ3) is 4.23. The predicted octanol–water partition coefficient (Wildman–Crippen LogP) is -1.63. The molecule has 8 heteroatoms. The van der Waals surface area contributed by atoms with Crippen molar-refractivity contribution >= 4 is 16.0 Å². The first-order valence-electron chi connectivity index (χ1n) is 5.47. The van der Waals surface area contributed by atoms with Gasteiger partial charge in [0.15, 0.2) is 0 Å². The molecule has 1 aliphatic rings.